The molecule has 1 N–H and O–H groups in total. The molecule has 8 nitrogen and oxygen atoms in total. The van der Waals surface area contributed by atoms with Crippen LogP contribution < -0.4 is 14.8 Å². The van der Waals surface area contributed by atoms with Crippen molar-refractivity contribution in [2.75, 3.05) is 11.9 Å². The number of carbonyl (C=O) groups excluding carboxylic acids is 2. The number of rotatable bonds is 8. The number of benzene rings is 3. The predicted molar refractivity (Wildman–Crippen MR) is 110 cm³/mol. The third-order valence-corrected chi connectivity index (χ3v) is 4.08. The van der Waals surface area contributed by atoms with E-state index in [1.165, 1.54) is 12.1 Å². The summed E-state index contributed by atoms with van der Waals surface area (Å²) in [6.07, 6.45) is 0.438. The molecule has 8 heteroatoms. The number of amides is 1. The smallest absolute Gasteiger partial charge is 0.270 e. The highest BCUT2D eigenvalue weighted by molar-refractivity contribution is 5.92. The van der Waals surface area contributed by atoms with E-state index < -0.39 is 10.8 Å². The maximum absolute atomic E-state index is 12.1. The predicted octanol–water partition coefficient (Wildman–Crippen LogP) is 4.53. The summed E-state index contributed by atoms with van der Waals surface area (Å²) in [7, 11) is 0. The van der Waals surface area contributed by atoms with E-state index in [0.717, 1.165) is 11.6 Å². The Bertz CT molecular complexity index is 1060. The van der Waals surface area contributed by atoms with Gasteiger partial charge in [-0.25, -0.2) is 0 Å². The van der Waals surface area contributed by atoms with E-state index in [1.54, 1.807) is 24.3 Å². The molecule has 0 saturated carbocycles. The van der Waals surface area contributed by atoms with Crippen LogP contribution >= 0.6 is 0 Å². The van der Waals surface area contributed by atoms with Crippen LogP contribution in [-0.4, -0.2) is 23.7 Å². The van der Waals surface area contributed by atoms with E-state index >= 15 is 0 Å². The van der Waals surface area contributed by atoms with Crippen LogP contribution in [0.15, 0.2) is 66.7 Å². The van der Waals surface area contributed by atoms with Crippen molar-refractivity contribution in [3.8, 4) is 17.2 Å². The van der Waals surface area contributed by atoms with Crippen LogP contribution in [0.5, 0.6) is 17.2 Å². The second-order valence-corrected chi connectivity index (χ2v) is 6.37. The van der Waals surface area contributed by atoms with Crippen LogP contribution in [0.4, 0.5) is 11.4 Å². The van der Waals surface area contributed by atoms with Gasteiger partial charge in [-0.3, -0.25) is 19.7 Å². The summed E-state index contributed by atoms with van der Waals surface area (Å²) < 4.78 is 11.1. The van der Waals surface area contributed by atoms with Gasteiger partial charge in [0.05, 0.1) is 10.5 Å². The van der Waals surface area contributed by atoms with Gasteiger partial charge in [0.25, 0.3) is 11.6 Å². The molecule has 0 bridgehead atoms. The average Bonchev–Trinajstić information content (AvgIpc) is 2.75. The molecule has 0 atom stereocenters. The zero-order valence-corrected chi connectivity index (χ0v) is 16.0. The summed E-state index contributed by atoms with van der Waals surface area (Å²) in [4.78, 5) is 33.4. The topological polar surface area (TPSA) is 108 Å². The number of aldehydes is 1. The van der Waals surface area contributed by atoms with Crippen molar-refractivity contribution >= 4 is 23.6 Å². The maximum atomic E-state index is 12.1. The third kappa shape index (κ3) is 5.41. The lowest BCUT2D eigenvalue weighted by Gasteiger charge is -2.10. The normalized spacial score (nSPS) is 10.2. The molecular weight excluding hydrogens is 388 g/mol. The highest BCUT2D eigenvalue weighted by Crippen LogP contribution is 2.24. The number of hydrogen-bond donors (Lipinski definition) is 1. The lowest BCUT2D eigenvalue weighted by molar-refractivity contribution is -0.384. The quantitative estimate of drug-likeness (QED) is 0.335. The zero-order valence-electron chi connectivity index (χ0n) is 16.0. The number of aryl methyl sites for hydroxylation is 1. The highest BCUT2D eigenvalue weighted by atomic mass is 16.6. The van der Waals surface area contributed by atoms with Crippen LogP contribution in [0.1, 0.15) is 15.9 Å². The fraction of sp³-hybridized carbons (Fsp3) is 0.0909. The van der Waals surface area contributed by atoms with E-state index in [2.05, 4.69) is 5.32 Å². The number of anilines is 1. The summed E-state index contributed by atoms with van der Waals surface area (Å²) in [5, 5.41) is 13.4. The monoisotopic (exact) mass is 406 g/mol. The Balaban J connectivity index is 1.55. The molecule has 0 radical (unpaired) electrons. The molecule has 152 valence electrons. The molecule has 1 amide bonds. The molecule has 0 aliphatic heterocycles. The first-order valence-electron chi connectivity index (χ1n) is 8.95. The number of nitrogens with one attached hydrogen (secondary N) is 1. The standard InChI is InChI=1S/C22H18N2O6/c1-15-2-7-19(8-3-15)30-20-9-4-17(5-10-20)23-22(26)14-29-21-11-6-18(24(27)28)12-16(21)13-25/h2-13H,14H2,1H3,(H,23,26). The van der Waals surface area contributed by atoms with E-state index in [0.29, 0.717) is 23.5 Å². The van der Waals surface area contributed by atoms with Crippen molar-refractivity contribution in [3.63, 3.8) is 0 Å². The Kier molecular flexibility index (Phi) is 6.39. The van der Waals surface area contributed by atoms with Crippen LogP contribution in [-0.2, 0) is 4.79 Å². The number of hydrogen-bond acceptors (Lipinski definition) is 6. The number of carbonyl (C=O) groups is 2. The molecule has 3 rings (SSSR count). The van der Waals surface area contributed by atoms with Crippen LogP contribution in [0.2, 0.25) is 0 Å². The Morgan fingerprint density at radius 2 is 1.67 bits per heavy atom. The fourth-order valence-electron chi connectivity index (χ4n) is 2.56. The minimum absolute atomic E-state index is 0.00499. The third-order valence-electron chi connectivity index (χ3n) is 4.08. The van der Waals surface area contributed by atoms with Crippen molar-refractivity contribution in [3.05, 3.63) is 88.0 Å². The summed E-state index contributed by atoms with van der Waals surface area (Å²) >= 11 is 0. The molecule has 0 heterocycles. The molecule has 0 spiro atoms. The molecule has 0 aliphatic carbocycles. The van der Waals surface area contributed by atoms with Crippen molar-refractivity contribution in [1.82, 2.24) is 0 Å². The average molecular weight is 406 g/mol. The SMILES string of the molecule is Cc1ccc(Oc2ccc(NC(=O)COc3ccc([N+](=O)[O-])cc3C=O)cc2)cc1. The fourth-order valence-corrected chi connectivity index (χ4v) is 2.56. The Morgan fingerprint density at radius 3 is 2.27 bits per heavy atom. The molecule has 3 aromatic rings. The minimum atomic E-state index is -0.615. The number of nitro benzene ring substituents is 1. The molecular formula is C22H18N2O6. The summed E-state index contributed by atoms with van der Waals surface area (Å²) in [6, 6.07) is 18.0. The van der Waals surface area contributed by atoms with Gasteiger partial charge in [0.15, 0.2) is 12.9 Å². The van der Waals surface area contributed by atoms with E-state index in [9.17, 15) is 19.7 Å². The molecule has 0 aliphatic rings. The number of nitrogens with zero attached hydrogens (tertiary/aromatic N) is 1. The maximum Gasteiger partial charge on any atom is 0.270 e. The highest BCUT2D eigenvalue weighted by Gasteiger charge is 2.13. The van der Waals surface area contributed by atoms with Gasteiger partial charge in [-0.2, -0.15) is 0 Å². The molecule has 30 heavy (non-hydrogen) atoms. The Morgan fingerprint density at radius 1 is 1.03 bits per heavy atom. The first kappa shape index (κ1) is 20.5. The van der Waals surface area contributed by atoms with Crippen molar-refractivity contribution in [2.45, 2.75) is 6.92 Å². The van der Waals surface area contributed by atoms with Crippen molar-refractivity contribution < 1.29 is 24.0 Å². The van der Waals surface area contributed by atoms with Crippen LogP contribution in [0.3, 0.4) is 0 Å². The van der Waals surface area contributed by atoms with Gasteiger partial charge in [0, 0.05) is 17.8 Å². The van der Waals surface area contributed by atoms with E-state index in [-0.39, 0.29) is 23.6 Å². The van der Waals surface area contributed by atoms with Gasteiger partial charge in [0.1, 0.15) is 17.2 Å². The lowest BCUT2D eigenvalue weighted by atomic mass is 10.2. The van der Waals surface area contributed by atoms with Gasteiger partial charge < -0.3 is 14.8 Å². The second-order valence-electron chi connectivity index (χ2n) is 6.37. The first-order valence-corrected chi connectivity index (χ1v) is 8.95. The summed E-state index contributed by atoms with van der Waals surface area (Å²) in [5.74, 6) is 0.972. The van der Waals surface area contributed by atoms with Gasteiger partial charge in [0.2, 0.25) is 0 Å². The number of ether oxygens (including phenoxy) is 2. The largest absolute Gasteiger partial charge is 0.483 e. The zero-order chi connectivity index (χ0) is 21.5. The second kappa shape index (κ2) is 9.33. The lowest BCUT2D eigenvalue weighted by Crippen LogP contribution is -2.20. The van der Waals surface area contributed by atoms with Gasteiger partial charge >= 0.3 is 0 Å². The van der Waals surface area contributed by atoms with Gasteiger partial charge in [-0.1, -0.05) is 17.7 Å². The Labute approximate surface area is 172 Å². The van der Waals surface area contributed by atoms with Crippen LogP contribution in [0.25, 0.3) is 0 Å². The van der Waals surface area contributed by atoms with Gasteiger partial charge in [-0.05, 0) is 49.4 Å². The van der Waals surface area contributed by atoms with E-state index in [4.69, 9.17) is 9.47 Å². The molecule has 0 unspecified atom stereocenters. The van der Waals surface area contributed by atoms with E-state index in [1.807, 2.05) is 31.2 Å². The Hall–Kier alpha value is -4.20. The number of non-ortho nitro benzene ring substituents is 1. The van der Waals surface area contributed by atoms with Crippen LogP contribution in [0, 0.1) is 17.0 Å². The minimum Gasteiger partial charge on any atom is -0.483 e. The molecule has 0 fully saturated rings. The summed E-state index contributed by atoms with van der Waals surface area (Å²) in [5.41, 5.74) is 1.44. The summed E-state index contributed by atoms with van der Waals surface area (Å²) in [6.45, 7) is 1.63. The van der Waals surface area contributed by atoms with Crippen molar-refractivity contribution in [1.29, 1.82) is 0 Å². The molecule has 3 aromatic carbocycles. The number of nitro groups is 1. The van der Waals surface area contributed by atoms with Gasteiger partial charge in [-0.15, -0.1) is 0 Å². The van der Waals surface area contributed by atoms with Crippen molar-refractivity contribution in [2.24, 2.45) is 0 Å². The molecule has 0 aromatic heterocycles. The molecule has 0 saturated heterocycles. The first-order chi connectivity index (χ1) is 14.4.